The third-order valence-electron chi connectivity index (χ3n) is 3.37. The zero-order chi connectivity index (χ0) is 14.9. The Labute approximate surface area is 115 Å². The van der Waals surface area contributed by atoms with Crippen LogP contribution in [0.4, 0.5) is 18.9 Å². The number of benzene rings is 1. The van der Waals surface area contributed by atoms with E-state index in [1.54, 1.807) is 12.1 Å². The normalized spacial score (nSPS) is 23.5. The minimum atomic E-state index is -4.53. The molecule has 0 aliphatic carbocycles. The third kappa shape index (κ3) is 2.88. The summed E-state index contributed by atoms with van der Waals surface area (Å²) in [5.74, 6) is 0. The lowest BCUT2D eigenvalue weighted by atomic mass is 10.0. The van der Waals surface area contributed by atoms with Crippen molar-refractivity contribution in [1.82, 2.24) is 0 Å². The van der Waals surface area contributed by atoms with E-state index in [4.69, 9.17) is 10.00 Å². The third-order valence-corrected chi connectivity index (χ3v) is 3.37. The largest absolute Gasteiger partial charge is 0.417 e. The lowest BCUT2D eigenvalue weighted by molar-refractivity contribution is -0.137. The van der Waals surface area contributed by atoms with Crippen LogP contribution in [0, 0.1) is 11.3 Å². The second-order valence-electron chi connectivity index (χ2n) is 4.98. The maximum atomic E-state index is 13.0. The maximum absolute atomic E-state index is 13.0. The number of nitriles is 1. The van der Waals surface area contributed by atoms with Gasteiger partial charge < -0.3 is 9.64 Å². The number of ether oxygens (including phenoxy) is 1. The molecule has 0 N–H and O–H groups in total. The Bertz CT molecular complexity index is 536. The van der Waals surface area contributed by atoms with Crippen LogP contribution in [-0.2, 0) is 10.9 Å². The Morgan fingerprint density at radius 2 is 2.05 bits per heavy atom. The van der Waals surface area contributed by atoms with Gasteiger partial charge in [-0.2, -0.15) is 18.4 Å². The Morgan fingerprint density at radius 3 is 2.65 bits per heavy atom. The minimum absolute atomic E-state index is 0.000203. The molecule has 3 nitrogen and oxygen atoms in total. The highest BCUT2D eigenvalue weighted by molar-refractivity contribution is 5.55. The predicted molar refractivity (Wildman–Crippen MR) is 68.4 cm³/mol. The predicted octanol–water partition coefficient (Wildman–Crippen LogP) is 3.19. The number of hydrogen-bond donors (Lipinski definition) is 0. The Balaban J connectivity index is 2.41. The number of nitrogens with zero attached hydrogens (tertiary/aromatic N) is 2. The fourth-order valence-electron chi connectivity index (χ4n) is 2.31. The summed E-state index contributed by atoms with van der Waals surface area (Å²) >= 11 is 0. The molecule has 0 amide bonds. The molecule has 0 spiro atoms. The fraction of sp³-hybridized carbons (Fsp3) is 0.500. The molecule has 108 valence electrons. The zero-order valence-corrected chi connectivity index (χ0v) is 11.2. The quantitative estimate of drug-likeness (QED) is 0.794. The molecule has 2 rings (SSSR count). The lowest BCUT2D eigenvalue weighted by Gasteiger charge is -2.38. The Kier molecular flexibility index (Phi) is 3.91. The smallest absolute Gasteiger partial charge is 0.375 e. The van der Waals surface area contributed by atoms with Crippen LogP contribution >= 0.6 is 0 Å². The van der Waals surface area contributed by atoms with Gasteiger partial charge in [0.05, 0.1) is 29.9 Å². The molecule has 1 aliphatic heterocycles. The van der Waals surface area contributed by atoms with Crippen LogP contribution in [0.2, 0.25) is 0 Å². The van der Waals surface area contributed by atoms with Gasteiger partial charge in [0.15, 0.2) is 0 Å². The van der Waals surface area contributed by atoms with E-state index < -0.39 is 11.7 Å². The van der Waals surface area contributed by atoms with Crippen LogP contribution in [-0.4, -0.2) is 25.3 Å². The van der Waals surface area contributed by atoms with Crippen LogP contribution in [0.15, 0.2) is 18.2 Å². The molecule has 6 heteroatoms. The molecule has 1 aliphatic rings. The van der Waals surface area contributed by atoms with Gasteiger partial charge in [-0.25, -0.2) is 0 Å². The highest BCUT2D eigenvalue weighted by Gasteiger charge is 2.35. The Morgan fingerprint density at radius 1 is 1.35 bits per heavy atom. The van der Waals surface area contributed by atoms with Gasteiger partial charge in [-0.05, 0) is 32.0 Å². The summed E-state index contributed by atoms with van der Waals surface area (Å²) in [6, 6.07) is 5.42. The highest BCUT2D eigenvalue weighted by Crippen LogP contribution is 2.35. The number of hydrogen-bond acceptors (Lipinski definition) is 3. The van der Waals surface area contributed by atoms with E-state index in [2.05, 4.69) is 0 Å². The number of alkyl halides is 3. The van der Waals surface area contributed by atoms with E-state index in [0.717, 1.165) is 6.07 Å². The summed E-state index contributed by atoms with van der Waals surface area (Å²) < 4.78 is 44.4. The van der Waals surface area contributed by atoms with Crippen molar-refractivity contribution in [2.24, 2.45) is 0 Å². The van der Waals surface area contributed by atoms with Gasteiger partial charge in [0.25, 0.3) is 0 Å². The topological polar surface area (TPSA) is 36.3 Å². The standard InChI is InChI=1S/C14H15F3N2O/c1-9-8-20-10(2)7-19(9)12-4-3-11(6-18)13(5-12)14(15,16)17/h3-5,9-10H,7-8H2,1-2H3. The Hall–Kier alpha value is -1.74. The number of anilines is 1. The van der Waals surface area contributed by atoms with Gasteiger partial charge in [0.1, 0.15) is 0 Å². The van der Waals surface area contributed by atoms with Gasteiger partial charge in [-0.1, -0.05) is 0 Å². The SMILES string of the molecule is CC1CN(c2ccc(C#N)c(C(F)(F)F)c2)C(C)CO1. The van der Waals surface area contributed by atoms with Crippen molar-refractivity contribution in [1.29, 1.82) is 5.26 Å². The monoisotopic (exact) mass is 284 g/mol. The van der Waals surface area contributed by atoms with Crippen molar-refractivity contribution in [2.75, 3.05) is 18.1 Å². The molecule has 1 fully saturated rings. The van der Waals surface area contributed by atoms with E-state index in [1.165, 1.54) is 6.07 Å². The summed E-state index contributed by atoms with van der Waals surface area (Å²) in [5.41, 5.74) is -0.766. The van der Waals surface area contributed by atoms with Crippen molar-refractivity contribution in [3.05, 3.63) is 29.3 Å². The van der Waals surface area contributed by atoms with Gasteiger partial charge in [0.2, 0.25) is 0 Å². The molecular formula is C14H15F3N2O. The van der Waals surface area contributed by atoms with E-state index in [1.807, 2.05) is 18.7 Å². The van der Waals surface area contributed by atoms with Crippen LogP contribution < -0.4 is 4.90 Å². The van der Waals surface area contributed by atoms with Gasteiger partial charge in [-0.3, -0.25) is 0 Å². The van der Waals surface area contributed by atoms with E-state index in [0.29, 0.717) is 18.8 Å². The maximum Gasteiger partial charge on any atom is 0.417 e. The molecule has 0 saturated carbocycles. The molecular weight excluding hydrogens is 269 g/mol. The molecule has 2 atom stereocenters. The summed E-state index contributed by atoms with van der Waals surface area (Å²) in [6.07, 6.45) is -4.56. The molecule has 0 radical (unpaired) electrons. The van der Waals surface area contributed by atoms with Gasteiger partial charge in [0, 0.05) is 18.3 Å². The summed E-state index contributed by atoms with van der Waals surface area (Å²) in [6.45, 7) is 4.79. The van der Waals surface area contributed by atoms with Crippen LogP contribution in [0.3, 0.4) is 0 Å². The first kappa shape index (κ1) is 14.7. The number of rotatable bonds is 1. The van der Waals surface area contributed by atoms with Crippen molar-refractivity contribution in [3.63, 3.8) is 0 Å². The molecule has 1 aromatic carbocycles. The second kappa shape index (κ2) is 5.33. The summed E-state index contributed by atoms with van der Waals surface area (Å²) in [5, 5.41) is 8.79. The minimum Gasteiger partial charge on any atom is -0.375 e. The first-order valence-corrected chi connectivity index (χ1v) is 6.32. The first-order chi connectivity index (χ1) is 9.32. The average molecular weight is 284 g/mol. The number of morpholine rings is 1. The molecule has 0 aromatic heterocycles. The molecule has 1 aromatic rings. The molecule has 2 unspecified atom stereocenters. The fourth-order valence-corrected chi connectivity index (χ4v) is 2.31. The molecule has 1 heterocycles. The van der Waals surface area contributed by atoms with Crippen molar-refractivity contribution < 1.29 is 17.9 Å². The average Bonchev–Trinajstić information content (AvgIpc) is 2.40. The van der Waals surface area contributed by atoms with Crippen molar-refractivity contribution in [2.45, 2.75) is 32.2 Å². The van der Waals surface area contributed by atoms with Crippen LogP contribution in [0.25, 0.3) is 0 Å². The van der Waals surface area contributed by atoms with Gasteiger partial charge in [-0.15, -0.1) is 0 Å². The van der Waals surface area contributed by atoms with E-state index >= 15 is 0 Å². The van der Waals surface area contributed by atoms with Gasteiger partial charge >= 0.3 is 6.18 Å². The lowest BCUT2D eigenvalue weighted by Crippen LogP contribution is -2.47. The van der Waals surface area contributed by atoms with Crippen molar-refractivity contribution in [3.8, 4) is 6.07 Å². The van der Waals surface area contributed by atoms with Crippen LogP contribution in [0.5, 0.6) is 0 Å². The molecule has 0 bridgehead atoms. The summed E-state index contributed by atoms with van der Waals surface area (Å²) in [4.78, 5) is 1.88. The van der Waals surface area contributed by atoms with E-state index in [9.17, 15) is 13.2 Å². The van der Waals surface area contributed by atoms with Crippen LogP contribution in [0.1, 0.15) is 25.0 Å². The van der Waals surface area contributed by atoms with Crippen molar-refractivity contribution >= 4 is 5.69 Å². The zero-order valence-electron chi connectivity index (χ0n) is 11.2. The summed E-state index contributed by atoms with van der Waals surface area (Å²) in [7, 11) is 0. The molecule has 1 saturated heterocycles. The second-order valence-corrected chi connectivity index (χ2v) is 4.98. The molecule has 20 heavy (non-hydrogen) atoms. The first-order valence-electron chi connectivity index (χ1n) is 6.32. The number of halogens is 3. The van der Waals surface area contributed by atoms with E-state index in [-0.39, 0.29) is 17.7 Å². The highest BCUT2D eigenvalue weighted by atomic mass is 19.4.